The second kappa shape index (κ2) is 4.97. The lowest BCUT2D eigenvalue weighted by molar-refractivity contribution is -0.181. The zero-order valence-corrected chi connectivity index (χ0v) is 9.95. The van der Waals surface area contributed by atoms with Crippen LogP contribution in [0, 0.1) is 11.8 Å². The topological polar surface area (TPSA) is 46.5 Å². The molecule has 1 aliphatic carbocycles. The van der Waals surface area contributed by atoms with Gasteiger partial charge in [-0.2, -0.15) is 0 Å². The average molecular weight is 214 g/mol. The summed E-state index contributed by atoms with van der Waals surface area (Å²) in [6.45, 7) is 6.62. The SMILES string of the molecule is CC(C)COC1(C(=O)O)CCCCC1C. The summed E-state index contributed by atoms with van der Waals surface area (Å²) in [5, 5.41) is 9.35. The third kappa shape index (κ3) is 2.71. The number of hydrogen-bond acceptors (Lipinski definition) is 2. The maximum atomic E-state index is 11.4. The van der Waals surface area contributed by atoms with Crippen LogP contribution in [0.5, 0.6) is 0 Å². The van der Waals surface area contributed by atoms with Gasteiger partial charge < -0.3 is 9.84 Å². The second-order valence-electron chi connectivity index (χ2n) is 5.05. The molecular weight excluding hydrogens is 192 g/mol. The lowest BCUT2D eigenvalue weighted by atomic mass is 9.76. The van der Waals surface area contributed by atoms with Gasteiger partial charge in [0.1, 0.15) is 0 Å². The van der Waals surface area contributed by atoms with E-state index in [2.05, 4.69) is 0 Å². The summed E-state index contributed by atoms with van der Waals surface area (Å²) in [6, 6.07) is 0. The number of aliphatic carboxylic acids is 1. The second-order valence-corrected chi connectivity index (χ2v) is 5.05. The Kier molecular flexibility index (Phi) is 4.14. The van der Waals surface area contributed by atoms with Crippen LogP contribution < -0.4 is 0 Å². The molecule has 1 rings (SSSR count). The number of ether oxygens (including phenoxy) is 1. The van der Waals surface area contributed by atoms with Crippen molar-refractivity contribution in [1.82, 2.24) is 0 Å². The van der Waals surface area contributed by atoms with Gasteiger partial charge in [-0.3, -0.25) is 0 Å². The van der Waals surface area contributed by atoms with Crippen molar-refractivity contribution in [2.24, 2.45) is 11.8 Å². The summed E-state index contributed by atoms with van der Waals surface area (Å²) >= 11 is 0. The van der Waals surface area contributed by atoms with E-state index < -0.39 is 11.6 Å². The Balaban J connectivity index is 2.72. The van der Waals surface area contributed by atoms with Gasteiger partial charge >= 0.3 is 5.97 Å². The average Bonchev–Trinajstić information content (AvgIpc) is 2.16. The van der Waals surface area contributed by atoms with Crippen LogP contribution in [-0.4, -0.2) is 23.3 Å². The quantitative estimate of drug-likeness (QED) is 0.782. The monoisotopic (exact) mass is 214 g/mol. The van der Waals surface area contributed by atoms with E-state index in [-0.39, 0.29) is 5.92 Å². The van der Waals surface area contributed by atoms with Crippen LogP contribution >= 0.6 is 0 Å². The Morgan fingerprint density at radius 1 is 1.53 bits per heavy atom. The molecule has 2 atom stereocenters. The highest BCUT2D eigenvalue weighted by molar-refractivity contribution is 5.78. The first-order valence-corrected chi connectivity index (χ1v) is 5.86. The normalized spacial score (nSPS) is 31.9. The van der Waals surface area contributed by atoms with Gasteiger partial charge in [-0.1, -0.05) is 27.2 Å². The van der Waals surface area contributed by atoms with Crippen LogP contribution in [0.1, 0.15) is 46.5 Å². The van der Waals surface area contributed by atoms with E-state index in [9.17, 15) is 9.90 Å². The van der Waals surface area contributed by atoms with Gasteiger partial charge in [0, 0.05) is 0 Å². The van der Waals surface area contributed by atoms with Crippen molar-refractivity contribution in [1.29, 1.82) is 0 Å². The van der Waals surface area contributed by atoms with E-state index >= 15 is 0 Å². The van der Waals surface area contributed by atoms with Crippen molar-refractivity contribution in [2.75, 3.05) is 6.61 Å². The Morgan fingerprint density at radius 3 is 2.67 bits per heavy atom. The molecule has 0 heterocycles. The van der Waals surface area contributed by atoms with E-state index in [0.29, 0.717) is 18.9 Å². The van der Waals surface area contributed by atoms with E-state index in [0.717, 1.165) is 19.3 Å². The van der Waals surface area contributed by atoms with Gasteiger partial charge in [0.15, 0.2) is 5.60 Å². The van der Waals surface area contributed by atoms with Crippen molar-refractivity contribution in [3.8, 4) is 0 Å². The maximum absolute atomic E-state index is 11.4. The lowest BCUT2D eigenvalue weighted by Gasteiger charge is -2.39. The summed E-state index contributed by atoms with van der Waals surface area (Å²) in [6.07, 6.45) is 3.72. The van der Waals surface area contributed by atoms with Gasteiger partial charge in [-0.15, -0.1) is 0 Å². The molecule has 1 saturated carbocycles. The van der Waals surface area contributed by atoms with Crippen molar-refractivity contribution in [3.63, 3.8) is 0 Å². The van der Waals surface area contributed by atoms with Gasteiger partial charge in [0.2, 0.25) is 0 Å². The van der Waals surface area contributed by atoms with Crippen LogP contribution in [0.15, 0.2) is 0 Å². The smallest absolute Gasteiger partial charge is 0.336 e. The standard InChI is InChI=1S/C12H22O3/c1-9(2)8-15-12(11(13)14)7-5-4-6-10(12)3/h9-10H,4-8H2,1-3H3,(H,13,14). The summed E-state index contributed by atoms with van der Waals surface area (Å²) in [7, 11) is 0. The molecule has 0 spiro atoms. The fourth-order valence-electron chi connectivity index (χ4n) is 2.23. The largest absolute Gasteiger partial charge is 0.479 e. The molecule has 3 heteroatoms. The van der Waals surface area contributed by atoms with Crippen LogP contribution in [0.25, 0.3) is 0 Å². The molecular formula is C12H22O3. The number of rotatable bonds is 4. The van der Waals surface area contributed by atoms with Crippen LogP contribution in [-0.2, 0) is 9.53 Å². The molecule has 0 bridgehead atoms. The molecule has 0 radical (unpaired) electrons. The molecule has 88 valence electrons. The molecule has 0 aromatic carbocycles. The van der Waals surface area contributed by atoms with Crippen molar-refractivity contribution in [2.45, 2.75) is 52.1 Å². The molecule has 2 unspecified atom stereocenters. The Hall–Kier alpha value is -0.570. The molecule has 0 aliphatic heterocycles. The first kappa shape index (κ1) is 12.5. The zero-order chi connectivity index (χ0) is 11.5. The summed E-state index contributed by atoms with van der Waals surface area (Å²) < 4.78 is 5.71. The van der Waals surface area contributed by atoms with Crippen LogP contribution in [0.3, 0.4) is 0 Å². The third-order valence-corrected chi connectivity index (χ3v) is 3.27. The minimum atomic E-state index is -0.914. The minimum Gasteiger partial charge on any atom is -0.479 e. The number of carbonyl (C=O) groups is 1. The highest BCUT2D eigenvalue weighted by Gasteiger charge is 2.46. The van der Waals surface area contributed by atoms with E-state index in [1.807, 2.05) is 20.8 Å². The zero-order valence-electron chi connectivity index (χ0n) is 9.95. The molecule has 3 nitrogen and oxygen atoms in total. The number of carboxylic acid groups (broad SMARTS) is 1. The molecule has 0 amide bonds. The molecule has 1 N–H and O–H groups in total. The molecule has 0 saturated heterocycles. The van der Waals surface area contributed by atoms with Crippen molar-refractivity contribution < 1.29 is 14.6 Å². The van der Waals surface area contributed by atoms with Gasteiger partial charge in [-0.25, -0.2) is 4.79 Å². The fourth-order valence-corrected chi connectivity index (χ4v) is 2.23. The first-order chi connectivity index (χ1) is 6.99. The first-order valence-electron chi connectivity index (χ1n) is 5.86. The minimum absolute atomic E-state index is 0.127. The van der Waals surface area contributed by atoms with E-state index in [1.54, 1.807) is 0 Å². The van der Waals surface area contributed by atoms with Crippen LogP contribution in [0.4, 0.5) is 0 Å². The summed E-state index contributed by atoms with van der Waals surface area (Å²) in [5.41, 5.74) is -0.914. The highest BCUT2D eigenvalue weighted by atomic mass is 16.5. The Morgan fingerprint density at radius 2 is 2.20 bits per heavy atom. The van der Waals surface area contributed by atoms with Crippen molar-refractivity contribution >= 4 is 5.97 Å². The maximum Gasteiger partial charge on any atom is 0.336 e. The summed E-state index contributed by atoms with van der Waals surface area (Å²) in [5.74, 6) is -0.270. The van der Waals surface area contributed by atoms with E-state index in [4.69, 9.17) is 4.74 Å². The van der Waals surface area contributed by atoms with Gasteiger partial charge in [0.05, 0.1) is 6.61 Å². The van der Waals surface area contributed by atoms with Gasteiger partial charge in [-0.05, 0) is 31.1 Å². The van der Waals surface area contributed by atoms with Gasteiger partial charge in [0.25, 0.3) is 0 Å². The Bertz CT molecular complexity index is 225. The molecule has 15 heavy (non-hydrogen) atoms. The predicted molar refractivity (Wildman–Crippen MR) is 58.8 cm³/mol. The molecule has 1 aliphatic rings. The summed E-state index contributed by atoms with van der Waals surface area (Å²) in [4.78, 5) is 11.4. The highest BCUT2D eigenvalue weighted by Crippen LogP contribution is 2.37. The Labute approximate surface area is 91.8 Å². The molecule has 0 aromatic rings. The van der Waals surface area contributed by atoms with E-state index in [1.165, 1.54) is 0 Å². The molecule has 0 aromatic heterocycles. The van der Waals surface area contributed by atoms with Crippen LogP contribution in [0.2, 0.25) is 0 Å². The lowest BCUT2D eigenvalue weighted by Crippen LogP contribution is -2.49. The number of carboxylic acids is 1. The van der Waals surface area contributed by atoms with Crippen molar-refractivity contribution in [3.05, 3.63) is 0 Å². The molecule has 1 fully saturated rings. The third-order valence-electron chi connectivity index (χ3n) is 3.27. The predicted octanol–water partition coefficient (Wildman–Crippen LogP) is 2.69. The fraction of sp³-hybridized carbons (Fsp3) is 0.917. The number of hydrogen-bond donors (Lipinski definition) is 1.